The van der Waals surface area contributed by atoms with E-state index in [1.54, 1.807) is 19.1 Å². The Morgan fingerprint density at radius 2 is 1.89 bits per heavy atom. The lowest BCUT2D eigenvalue weighted by molar-refractivity contribution is 0.102. The Labute approximate surface area is 167 Å². The van der Waals surface area contributed by atoms with Gasteiger partial charge in [0.15, 0.2) is 5.82 Å². The van der Waals surface area contributed by atoms with Crippen molar-refractivity contribution in [2.45, 2.75) is 6.92 Å². The number of nitrogens with one attached hydrogen (secondary N) is 1. The number of benzene rings is 1. The Kier molecular flexibility index (Phi) is 5.12. The van der Waals surface area contributed by atoms with E-state index in [0.717, 1.165) is 42.7 Å². The molecule has 2 aromatic heterocycles. The van der Waals surface area contributed by atoms with Crippen molar-refractivity contribution in [1.82, 2.24) is 15.1 Å². The van der Waals surface area contributed by atoms with Crippen molar-refractivity contribution in [2.75, 3.05) is 41.3 Å². The molecule has 0 saturated carbocycles. The molecule has 28 heavy (non-hydrogen) atoms. The van der Waals surface area contributed by atoms with E-state index in [2.05, 4.69) is 36.3 Å². The summed E-state index contributed by atoms with van der Waals surface area (Å²) in [5.74, 6) is 1.35. The number of amides is 1. The lowest BCUT2D eigenvalue weighted by atomic mass is 10.2. The predicted octanol–water partition coefficient (Wildman–Crippen LogP) is 3.01. The standard InChI is InChI=1S/C19H19ClN6O2/c1-13-9-17(24-28-13)23-19(27)16-11-18(22-12-21-16)26-7-5-25(6-8-26)15-4-2-3-14(20)10-15/h2-4,9-12H,5-8H2,1H3,(H,23,24,27). The lowest BCUT2D eigenvalue weighted by Gasteiger charge is -2.36. The van der Waals surface area contributed by atoms with Crippen molar-refractivity contribution in [3.63, 3.8) is 0 Å². The van der Waals surface area contributed by atoms with Gasteiger partial charge in [-0.2, -0.15) is 0 Å². The van der Waals surface area contributed by atoms with E-state index in [4.69, 9.17) is 16.1 Å². The molecule has 0 aliphatic carbocycles. The molecule has 1 N–H and O–H groups in total. The zero-order valence-corrected chi connectivity index (χ0v) is 16.1. The number of hydrogen-bond donors (Lipinski definition) is 1. The molecular weight excluding hydrogens is 380 g/mol. The van der Waals surface area contributed by atoms with Gasteiger partial charge in [0.1, 0.15) is 23.6 Å². The highest BCUT2D eigenvalue weighted by molar-refractivity contribution is 6.30. The molecule has 1 fully saturated rings. The second-order valence-corrected chi connectivity index (χ2v) is 6.93. The van der Waals surface area contributed by atoms with Crippen molar-refractivity contribution in [1.29, 1.82) is 0 Å². The van der Waals surface area contributed by atoms with Crippen molar-refractivity contribution in [2.24, 2.45) is 0 Å². The minimum Gasteiger partial charge on any atom is -0.368 e. The van der Waals surface area contributed by atoms with E-state index >= 15 is 0 Å². The van der Waals surface area contributed by atoms with E-state index < -0.39 is 0 Å². The van der Waals surface area contributed by atoms with Crippen LogP contribution in [0, 0.1) is 6.92 Å². The van der Waals surface area contributed by atoms with Gasteiger partial charge in [0.05, 0.1) is 0 Å². The summed E-state index contributed by atoms with van der Waals surface area (Å²) in [7, 11) is 0. The Morgan fingerprint density at radius 3 is 2.61 bits per heavy atom. The number of rotatable bonds is 4. The number of hydrogen-bond acceptors (Lipinski definition) is 7. The number of piperazine rings is 1. The number of carbonyl (C=O) groups is 1. The molecule has 0 bridgehead atoms. The predicted molar refractivity (Wildman–Crippen MR) is 107 cm³/mol. The van der Waals surface area contributed by atoms with Crippen LogP contribution in [-0.4, -0.2) is 47.2 Å². The molecule has 4 rings (SSSR count). The van der Waals surface area contributed by atoms with Crippen LogP contribution in [0.15, 0.2) is 47.2 Å². The molecule has 0 atom stereocenters. The number of aryl methyl sites for hydroxylation is 1. The molecule has 1 aliphatic rings. The van der Waals surface area contributed by atoms with Crippen molar-refractivity contribution in [3.8, 4) is 0 Å². The molecule has 1 aromatic carbocycles. The van der Waals surface area contributed by atoms with Gasteiger partial charge in [-0.15, -0.1) is 0 Å². The molecular formula is C19H19ClN6O2. The summed E-state index contributed by atoms with van der Waals surface area (Å²) in [4.78, 5) is 25.2. The van der Waals surface area contributed by atoms with E-state index in [9.17, 15) is 4.79 Å². The fourth-order valence-electron chi connectivity index (χ4n) is 3.12. The molecule has 3 aromatic rings. The molecule has 1 aliphatic heterocycles. The second-order valence-electron chi connectivity index (χ2n) is 6.49. The Morgan fingerprint density at radius 1 is 1.11 bits per heavy atom. The van der Waals surface area contributed by atoms with Gasteiger partial charge in [-0.1, -0.05) is 22.8 Å². The van der Waals surface area contributed by atoms with Crippen LogP contribution >= 0.6 is 11.6 Å². The normalized spacial score (nSPS) is 14.2. The van der Waals surface area contributed by atoms with Crippen molar-refractivity contribution >= 4 is 34.8 Å². The van der Waals surface area contributed by atoms with Crippen LogP contribution in [-0.2, 0) is 0 Å². The minimum absolute atomic E-state index is 0.280. The smallest absolute Gasteiger partial charge is 0.275 e. The molecule has 1 amide bonds. The summed E-state index contributed by atoms with van der Waals surface area (Å²) in [5.41, 5.74) is 1.39. The third kappa shape index (κ3) is 4.07. The zero-order chi connectivity index (χ0) is 19.5. The summed E-state index contributed by atoms with van der Waals surface area (Å²) in [5, 5.41) is 7.16. The number of nitrogens with zero attached hydrogens (tertiary/aromatic N) is 5. The largest absolute Gasteiger partial charge is 0.368 e. The first-order chi connectivity index (χ1) is 13.6. The highest BCUT2D eigenvalue weighted by atomic mass is 35.5. The Bertz CT molecular complexity index is 984. The Hall–Kier alpha value is -3.13. The summed E-state index contributed by atoms with van der Waals surface area (Å²) in [6.07, 6.45) is 1.40. The number of anilines is 3. The molecule has 0 unspecified atom stereocenters. The van der Waals surface area contributed by atoms with Gasteiger partial charge in [0, 0.05) is 49.0 Å². The van der Waals surface area contributed by atoms with Crippen LogP contribution in [0.5, 0.6) is 0 Å². The SMILES string of the molecule is Cc1cc(NC(=O)c2cc(N3CCN(c4cccc(Cl)c4)CC3)ncn2)no1. The van der Waals surface area contributed by atoms with E-state index in [1.807, 2.05) is 18.2 Å². The maximum atomic E-state index is 12.4. The van der Waals surface area contributed by atoms with Crippen molar-refractivity contribution < 1.29 is 9.32 Å². The van der Waals surface area contributed by atoms with E-state index in [-0.39, 0.29) is 11.6 Å². The molecule has 1 saturated heterocycles. The summed E-state index contributed by atoms with van der Waals surface area (Å²) >= 11 is 6.09. The molecule has 0 spiro atoms. The highest BCUT2D eigenvalue weighted by Gasteiger charge is 2.20. The average molecular weight is 399 g/mol. The van der Waals surface area contributed by atoms with Gasteiger partial charge in [-0.05, 0) is 25.1 Å². The first kappa shape index (κ1) is 18.2. The topological polar surface area (TPSA) is 87.4 Å². The third-order valence-electron chi connectivity index (χ3n) is 4.53. The summed E-state index contributed by atoms with van der Waals surface area (Å²) in [6, 6.07) is 11.2. The zero-order valence-electron chi connectivity index (χ0n) is 15.3. The average Bonchev–Trinajstić information content (AvgIpc) is 3.13. The van der Waals surface area contributed by atoms with E-state index in [0.29, 0.717) is 11.6 Å². The fourth-order valence-corrected chi connectivity index (χ4v) is 3.30. The molecule has 144 valence electrons. The minimum atomic E-state index is -0.352. The van der Waals surface area contributed by atoms with Crippen LogP contribution < -0.4 is 15.1 Å². The highest BCUT2D eigenvalue weighted by Crippen LogP contribution is 2.22. The quantitative estimate of drug-likeness (QED) is 0.722. The lowest BCUT2D eigenvalue weighted by Crippen LogP contribution is -2.46. The van der Waals surface area contributed by atoms with Gasteiger partial charge >= 0.3 is 0 Å². The van der Waals surface area contributed by atoms with Crippen LogP contribution in [0.4, 0.5) is 17.3 Å². The van der Waals surface area contributed by atoms with Crippen LogP contribution in [0.25, 0.3) is 0 Å². The molecule has 8 nitrogen and oxygen atoms in total. The second kappa shape index (κ2) is 7.85. The molecule has 0 radical (unpaired) electrons. The van der Waals surface area contributed by atoms with Crippen LogP contribution in [0.2, 0.25) is 5.02 Å². The third-order valence-corrected chi connectivity index (χ3v) is 4.77. The fraction of sp³-hybridized carbons (Fsp3) is 0.263. The maximum absolute atomic E-state index is 12.4. The summed E-state index contributed by atoms with van der Waals surface area (Å²) in [6.45, 7) is 5.00. The number of carbonyl (C=O) groups excluding carboxylic acids is 1. The number of halogens is 1. The van der Waals surface area contributed by atoms with Crippen LogP contribution in [0.3, 0.4) is 0 Å². The van der Waals surface area contributed by atoms with Gasteiger partial charge < -0.3 is 19.6 Å². The van der Waals surface area contributed by atoms with Gasteiger partial charge in [-0.3, -0.25) is 4.79 Å². The Balaban J connectivity index is 1.41. The van der Waals surface area contributed by atoms with Gasteiger partial charge in [-0.25, -0.2) is 9.97 Å². The van der Waals surface area contributed by atoms with Crippen molar-refractivity contribution in [3.05, 3.63) is 59.2 Å². The van der Waals surface area contributed by atoms with Gasteiger partial charge in [0.25, 0.3) is 5.91 Å². The summed E-state index contributed by atoms with van der Waals surface area (Å²) < 4.78 is 4.96. The molecule has 9 heteroatoms. The number of aromatic nitrogens is 3. The molecule has 3 heterocycles. The van der Waals surface area contributed by atoms with Gasteiger partial charge in [0.2, 0.25) is 0 Å². The monoisotopic (exact) mass is 398 g/mol. The van der Waals surface area contributed by atoms with Crippen LogP contribution in [0.1, 0.15) is 16.2 Å². The first-order valence-electron chi connectivity index (χ1n) is 8.91. The van der Waals surface area contributed by atoms with E-state index in [1.165, 1.54) is 6.33 Å². The first-order valence-corrected chi connectivity index (χ1v) is 9.28. The maximum Gasteiger partial charge on any atom is 0.275 e.